The average Bonchev–Trinajstić information content (AvgIpc) is 2.82. The molecular weight excluding hydrogens is 338 g/mol. The Bertz CT molecular complexity index is 841. The molecule has 1 unspecified atom stereocenters. The molecule has 2 heterocycles. The molecule has 8 heteroatoms. The first-order chi connectivity index (χ1) is 10.9. The zero-order valence-electron chi connectivity index (χ0n) is 12.4. The molecule has 1 aromatic heterocycles. The second kappa shape index (κ2) is 6.41. The Balaban J connectivity index is 1.62. The summed E-state index contributed by atoms with van der Waals surface area (Å²) >= 11 is 0. The third kappa shape index (κ3) is 4.17. The van der Waals surface area contributed by atoms with Crippen LogP contribution < -0.4 is 0 Å². The molecule has 1 saturated heterocycles. The second-order valence-corrected chi connectivity index (χ2v) is 8.57. The highest BCUT2D eigenvalue weighted by Gasteiger charge is 2.31. The van der Waals surface area contributed by atoms with Crippen molar-refractivity contribution >= 4 is 36.7 Å². The summed E-state index contributed by atoms with van der Waals surface area (Å²) in [6.07, 6.45) is 4.23. The molecule has 23 heavy (non-hydrogen) atoms. The maximum atomic E-state index is 12.0. The molecule has 0 saturated carbocycles. The summed E-state index contributed by atoms with van der Waals surface area (Å²) in [6.45, 7) is 1.00. The molecule has 0 radical (unpaired) electrons. The quantitative estimate of drug-likeness (QED) is 0.762. The number of benzene rings is 1. The first-order valence-electron chi connectivity index (χ1n) is 7.30. The number of carbonyl (C=O) groups is 1. The monoisotopic (exact) mass is 353 g/mol. The van der Waals surface area contributed by atoms with Crippen LogP contribution in [0.2, 0.25) is 0 Å². The Kier molecular flexibility index (Phi) is 4.50. The molecule has 2 aromatic rings. The summed E-state index contributed by atoms with van der Waals surface area (Å²) in [5, 5.41) is 0. The summed E-state index contributed by atoms with van der Waals surface area (Å²) in [7, 11) is 1.70. The van der Waals surface area contributed by atoms with Gasteiger partial charge in [-0.1, -0.05) is 6.07 Å². The molecular formula is C15H16ClN3O3S. The van der Waals surface area contributed by atoms with Crippen LogP contribution in [-0.4, -0.2) is 48.0 Å². The minimum atomic E-state index is -3.57. The van der Waals surface area contributed by atoms with Crippen LogP contribution in [0.1, 0.15) is 12.0 Å². The number of hydrogen-bond acceptors (Lipinski definition) is 5. The number of aromatic nitrogens is 2. The van der Waals surface area contributed by atoms with Gasteiger partial charge in [0.1, 0.15) is 0 Å². The van der Waals surface area contributed by atoms with Crippen LogP contribution in [0.4, 0.5) is 0 Å². The van der Waals surface area contributed by atoms with E-state index < -0.39 is 9.05 Å². The van der Waals surface area contributed by atoms with E-state index in [0.29, 0.717) is 19.5 Å². The van der Waals surface area contributed by atoms with Gasteiger partial charge in [0.05, 0.1) is 16.8 Å². The molecule has 3 rings (SSSR count). The van der Waals surface area contributed by atoms with Crippen molar-refractivity contribution < 1.29 is 13.2 Å². The van der Waals surface area contributed by atoms with Crippen molar-refractivity contribution in [2.24, 2.45) is 5.92 Å². The van der Waals surface area contributed by atoms with E-state index in [1.54, 1.807) is 17.3 Å². The number of likely N-dealkylation sites (tertiary alicyclic amines) is 1. The maximum Gasteiger partial charge on any atom is 0.232 e. The van der Waals surface area contributed by atoms with E-state index in [1.807, 2.05) is 18.2 Å². The minimum Gasteiger partial charge on any atom is -0.342 e. The van der Waals surface area contributed by atoms with Gasteiger partial charge in [0, 0.05) is 48.5 Å². The largest absolute Gasteiger partial charge is 0.342 e. The minimum absolute atomic E-state index is 0.0177. The first-order valence-corrected chi connectivity index (χ1v) is 9.78. The summed E-state index contributed by atoms with van der Waals surface area (Å²) in [6, 6.07) is 5.84. The van der Waals surface area contributed by atoms with E-state index in [-0.39, 0.29) is 24.0 Å². The molecule has 0 spiro atoms. The molecule has 1 fully saturated rings. The molecule has 0 bridgehead atoms. The highest BCUT2D eigenvalue weighted by Crippen LogP contribution is 2.21. The SMILES string of the molecule is O=C1CC(CS(=O)(=O)Cl)CN1CCc1ccc2nccnc2c1. The van der Waals surface area contributed by atoms with Crippen molar-refractivity contribution in [1.82, 2.24) is 14.9 Å². The van der Waals surface area contributed by atoms with Gasteiger partial charge in [0.2, 0.25) is 15.0 Å². The fourth-order valence-electron chi connectivity index (χ4n) is 2.89. The van der Waals surface area contributed by atoms with E-state index in [9.17, 15) is 13.2 Å². The van der Waals surface area contributed by atoms with Crippen LogP contribution >= 0.6 is 10.7 Å². The summed E-state index contributed by atoms with van der Waals surface area (Å²) < 4.78 is 22.3. The van der Waals surface area contributed by atoms with E-state index in [2.05, 4.69) is 9.97 Å². The van der Waals surface area contributed by atoms with Crippen molar-refractivity contribution in [1.29, 1.82) is 0 Å². The lowest BCUT2D eigenvalue weighted by molar-refractivity contribution is -0.127. The van der Waals surface area contributed by atoms with Gasteiger partial charge in [-0.3, -0.25) is 14.8 Å². The Morgan fingerprint density at radius 1 is 1.22 bits per heavy atom. The van der Waals surface area contributed by atoms with E-state index >= 15 is 0 Å². The van der Waals surface area contributed by atoms with Crippen LogP contribution in [0.5, 0.6) is 0 Å². The van der Waals surface area contributed by atoms with Crippen LogP contribution in [0.3, 0.4) is 0 Å². The number of fused-ring (bicyclic) bond motifs is 1. The fourth-order valence-corrected chi connectivity index (χ4v) is 4.21. The number of amides is 1. The molecule has 122 valence electrons. The zero-order valence-corrected chi connectivity index (χ0v) is 13.9. The maximum absolute atomic E-state index is 12.0. The third-order valence-electron chi connectivity index (χ3n) is 3.93. The van der Waals surface area contributed by atoms with Gasteiger partial charge >= 0.3 is 0 Å². The average molecular weight is 354 g/mol. The van der Waals surface area contributed by atoms with Crippen LogP contribution in [0.25, 0.3) is 11.0 Å². The summed E-state index contributed by atoms with van der Waals surface area (Å²) in [5.41, 5.74) is 2.73. The van der Waals surface area contributed by atoms with Crippen molar-refractivity contribution in [3.63, 3.8) is 0 Å². The van der Waals surface area contributed by atoms with Crippen LogP contribution in [0.15, 0.2) is 30.6 Å². The zero-order chi connectivity index (χ0) is 16.4. The molecule has 1 aliphatic heterocycles. The van der Waals surface area contributed by atoms with Crippen LogP contribution in [0, 0.1) is 5.92 Å². The standard InChI is InChI=1S/C15H16ClN3O3S/c16-23(21,22)10-12-8-15(20)19(9-12)6-3-11-1-2-13-14(7-11)18-5-4-17-13/h1-2,4-5,7,12H,3,6,8-10H2. The molecule has 6 nitrogen and oxygen atoms in total. The van der Waals surface area contributed by atoms with Gasteiger partial charge < -0.3 is 4.90 Å². The van der Waals surface area contributed by atoms with Gasteiger partial charge in [0.15, 0.2) is 0 Å². The van der Waals surface area contributed by atoms with E-state index in [0.717, 1.165) is 16.6 Å². The van der Waals surface area contributed by atoms with Crippen molar-refractivity contribution in [3.8, 4) is 0 Å². The lowest BCUT2D eigenvalue weighted by Gasteiger charge is -2.16. The summed E-state index contributed by atoms with van der Waals surface area (Å²) in [5.74, 6) is -0.383. The highest BCUT2D eigenvalue weighted by atomic mass is 35.7. The van der Waals surface area contributed by atoms with Crippen molar-refractivity contribution in [2.45, 2.75) is 12.8 Å². The normalized spacial score (nSPS) is 18.7. The predicted octanol–water partition coefficient (Wildman–Crippen LogP) is 1.59. The molecule has 1 aromatic carbocycles. The second-order valence-electron chi connectivity index (χ2n) is 5.74. The van der Waals surface area contributed by atoms with Crippen molar-refractivity contribution in [2.75, 3.05) is 18.8 Å². The number of rotatable bonds is 5. The molecule has 0 N–H and O–H groups in total. The number of carbonyl (C=O) groups excluding carboxylic acids is 1. The van der Waals surface area contributed by atoms with Gasteiger partial charge in [-0.15, -0.1) is 0 Å². The van der Waals surface area contributed by atoms with E-state index in [1.165, 1.54) is 0 Å². The van der Waals surface area contributed by atoms with Gasteiger partial charge in [-0.2, -0.15) is 0 Å². The Morgan fingerprint density at radius 3 is 2.70 bits per heavy atom. The molecule has 1 atom stereocenters. The Hall–Kier alpha value is -1.73. The molecule has 0 aliphatic carbocycles. The third-order valence-corrected chi connectivity index (χ3v) is 5.18. The van der Waals surface area contributed by atoms with E-state index in [4.69, 9.17) is 10.7 Å². The topological polar surface area (TPSA) is 80.2 Å². The fraction of sp³-hybridized carbons (Fsp3) is 0.400. The number of nitrogens with zero attached hydrogens (tertiary/aromatic N) is 3. The smallest absolute Gasteiger partial charge is 0.232 e. The number of halogens is 1. The van der Waals surface area contributed by atoms with Gasteiger partial charge in [-0.25, -0.2) is 8.42 Å². The molecule has 1 aliphatic rings. The van der Waals surface area contributed by atoms with Gasteiger partial charge in [0.25, 0.3) is 0 Å². The Labute approximate surface area is 138 Å². The lowest BCUT2D eigenvalue weighted by Crippen LogP contribution is -2.28. The molecule has 1 amide bonds. The summed E-state index contributed by atoms with van der Waals surface area (Å²) in [4.78, 5) is 22.2. The Morgan fingerprint density at radius 2 is 1.96 bits per heavy atom. The van der Waals surface area contributed by atoms with Gasteiger partial charge in [-0.05, 0) is 24.1 Å². The highest BCUT2D eigenvalue weighted by molar-refractivity contribution is 8.13. The number of hydrogen-bond donors (Lipinski definition) is 0. The van der Waals surface area contributed by atoms with Crippen LogP contribution in [-0.2, 0) is 20.3 Å². The van der Waals surface area contributed by atoms with Crippen molar-refractivity contribution in [3.05, 3.63) is 36.2 Å². The predicted molar refractivity (Wildman–Crippen MR) is 87.6 cm³/mol. The lowest BCUT2D eigenvalue weighted by atomic mass is 10.1. The first kappa shape index (κ1) is 16.1.